The summed E-state index contributed by atoms with van der Waals surface area (Å²) in [4.78, 5) is 9.56. The minimum atomic E-state index is -0.928. The van der Waals surface area contributed by atoms with Crippen LogP contribution in [0.25, 0.3) is 22.3 Å². The van der Waals surface area contributed by atoms with E-state index in [9.17, 15) is 5.11 Å². The molecule has 0 radical (unpaired) electrons. The summed E-state index contributed by atoms with van der Waals surface area (Å²) in [5.41, 5.74) is 3.54. The summed E-state index contributed by atoms with van der Waals surface area (Å²) in [6.45, 7) is 10.1. The lowest BCUT2D eigenvalue weighted by atomic mass is 9.95. The molecule has 1 unspecified atom stereocenters. The lowest BCUT2D eigenvalue weighted by Crippen LogP contribution is -2.15. The van der Waals surface area contributed by atoms with Crippen LogP contribution in [0.5, 0.6) is 0 Å². The Hall–Kier alpha value is -1.91. The number of benzene rings is 1. The third-order valence-electron chi connectivity index (χ3n) is 5.08. The molecule has 5 heteroatoms. The zero-order chi connectivity index (χ0) is 19.8. The maximum atomic E-state index is 10.2. The highest BCUT2D eigenvalue weighted by Crippen LogP contribution is 2.36. The third kappa shape index (κ3) is 3.74. The first-order chi connectivity index (χ1) is 12.8. The molecular weight excluding hydrogens is 358 g/mol. The van der Waals surface area contributed by atoms with E-state index in [2.05, 4.69) is 30.3 Å². The SMILES string of the molecule is CCCC(C)n1c(CC)nc2c(-c3ccc(C(C)(C)O)cc3Cl)ccnc21. The van der Waals surface area contributed by atoms with E-state index in [1.807, 2.05) is 30.5 Å². The van der Waals surface area contributed by atoms with Crippen molar-refractivity contribution in [2.24, 2.45) is 0 Å². The van der Waals surface area contributed by atoms with Gasteiger partial charge in [-0.25, -0.2) is 9.97 Å². The smallest absolute Gasteiger partial charge is 0.160 e. The highest BCUT2D eigenvalue weighted by atomic mass is 35.5. The Bertz CT molecular complexity index is 956. The molecule has 27 heavy (non-hydrogen) atoms. The highest BCUT2D eigenvalue weighted by Gasteiger charge is 2.21. The normalized spacial score (nSPS) is 13.3. The Balaban J connectivity index is 2.19. The lowest BCUT2D eigenvalue weighted by Gasteiger charge is -2.19. The van der Waals surface area contributed by atoms with Crippen molar-refractivity contribution in [3.63, 3.8) is 0 Å². The number of imidazole rings is 1. The molecule has 0 spiro atoms. The molecule has 1 aromatic carbocycles. The van der Waals surface area contributed by atoms with Crippen molar-refractivity contribution in [1.82, 2.24) is 14.5 Å². The van der Waals surface area contributed by atoms with E-state index in [-0.39, 0.29) is 0 Å². The zero-order valence-corrected chi connectivity index (χ0v) is 17.5. The van der Waals surface area contributed by atoms with Gasteiger partial charge in [0.2, 0.25) is 0 Å². The van der Waals surface area contributed by atoms with Gasteiger partial charge >= 0.3 is 0 Å². The molecule has 0 saturated carbocycles. The van der Waals surface area contributed by atoms with Gasteiger partial charge in [-0.2, -0.15) is 0 Å². The van der Waals surface area contributed by atoms with Crippen LogP contribution in [0.15, 0.2) is 30.5 Å². The van der Waals surface area contributed by atoms with Crippen molar-refractivity contribution in [2.45, 2.75) is 65.5 Å². The Kier molecular flexibility index (Phi) is 5.59. The molecule has 1 atom stereocenters. The average Bonchev–Trinajstić information content (AvgIpc) is 3.00. The number of fused-ring (bicyclic) bond motifs is 1. The molecular formula is C22H28ClN3O. The molecule has 3 rings (SSSR count). The lowest BCUT2D eigenvalue weighted by molar-refractivity contribution is 0.0786. The van der Waals surface area contributed by atoms with E-state index in [1.54, 1.807) is 13.8 Å². The van der Waals surface area contributed by atoms with Crippen molar-refractivity contribution in [2.75, 3.05) is 0 Å². The van der Waals surface area contributed by atoms with Gasteiger partial charge in [-0.05, 0) is 44.9 Å². The molecule has 0 amide bonds. The summed E-state index contributed by atoms with van der Waals surface area (Å²) in [7, 11) is 0. The zero-order valence-electron chi connectivity index (χ0n) is 16.8. The second-order valence-corrected chi connectivity index (χ2v) is 8.08. The standard InChI is InChI=1S/C22H28ClN3O/c1-6-8-14(3)26-19(7-2)25-20-17(11-12-24-21(20)26)16-10-9-15(13-18(16)23)22(4,5)27/h9-14,27H,6-8H2,1-5H3. The first-order valence-corrected chi connectivity index (χ1v) is 10.0. The molecule has 3 aromatic rings. The Labute approximate surface area is 166 Å². The van der Waals surface area contributed by atoms with Crippen LogP contribution in [-0.4, -0.2) is 19.6 Å². The summed E-state index contributed by atoms with van der Waals surface area (Å²) in [6.07, 6.45) is 4.89. The van der Waals surface area contributed by atoms with Crippen LogP contribution in [0.1, 0.15) is 64.9 Å². The summed E-state index contributed by atoms with van der Waals surface area (Å²) in [5, 5.41) is 10.9. The second kappa shape index (κ2) is 7.61. The van der Waals surface area contributed by atoms with E-state index in [0.717, 1.165) is 52.9 Å². The number of nitrogens with zero attached hydrogens (tertiary/aromatic N) is 3. The molecule has 0 aliphatic heterocycles. The summed E-state index contributed by atoms with van der Waals surface area (Å²) in [6, 6.07) is 8.04. The number of hydrogen-bond donors (Lipinski definition) is 1. The quantitative estimate of drug-likeness (QED) is 0.574. The number of aryl methyl sites for hydroxylation is 1. The molecule has 4 nitrogen and oxygen atoms in total. The molecule has 0 saturated heterocycles. The molecule has 1 N–H and O–H groups in total. The van der Waals surface area contributed by atoms with E-state index >= 15 is 0 Å². The summed E-state index contributed by atoms with van der Waals surface area (Å²) >= 11 is 6.60. The minimum absolute atomic E-state index is 0.353. The van der Waals surface area contributed by atoms with Crippen molar-refractivity contribution < 1.29 is 5.11 Å². The maximum Gasteiger partial charge on any atom is 0.160 e. The molecule has 0 aliphatic rings. The van der Waals surface area contributed by atoms with E-state index in [0.29, 0.717) is 11.1 Å². The number of aromatic nitrogens is 3. The highest BCUT2D eigenvalue weighted by molar-refractivity contribution is 6.33. The van der Waals surface area contributed by atoms with E-state index < -0.39 is 5.60 Å². The fourth-order valence-electron chi connectivity index (χ4n) is 3.63. The maximum absolute atomic E-state index is 10.2. The van der Waals surface area contributed by atoms with Crippen LogP contribution in [0.2, 0.25) is 5.02 Å². The predicted molar refractivity (Wildman–Crippen MR) is 112 cm³/mol. The second-order valence-electron chi connectivity index (χ2n) is 7.67. The van der Waals surface area contributed by atoms with Gasteiger partial charge in [-0.3, -0.25) is 0 Å². The van der Waals surface area contributed by atoms with Crippen molar-refractivity contribution in [1.29, 1.82) is 0 Å². The number of hydrogen-bond acceptors (Lipinski definition) is 3. The van der Waals surface area contributed by atoms with Gasteiger partial charge in [-0.1, -0.05) is 44.0 Å². The van der Waals surface area contributed by atoms with Gasteiger partial charge < -0.3 is 9.67 Å². The predicted octanol–water partition coefficient (Wildman–Crippen LogP) is 5.90. The van der Waals surface area contributed by atoms with E-state index in [1.165, 1.54) is 0 Å². The fourth-order valence-corrected chi connectivity index (χ4v) is 3.91. The molecule has 2 heterocycles. The molecule has 0 bridgehead atoms. The van der Waals surface area contributed by atoms with Gasteiger partial charge in [0.1, 0.15) is 11.3 Å². The first-order valence-electron chi connectivity index (χ1n) is 9.66. The minimum Gasteiger partial charge on any atom is -0.386 e. The Morgan fingerprint density at radius 2 is 1.93 bits per heavy atom. The van der Waals surface area contributed by atoms with Gasteiger partial charge in [0, 0.05) is 34.8 Å². The van der Waals surface area contributed by atoms with Gasteiger partial charge in [-0.15, -0.1) is 0 Å². The van der Waals surface area contributed by atoms with Gasteiger partial charge in [0.25, 0.3) is 0 Å². The number of halogens is 1. The van der Waals surface area contributed by atoms with Crippen molar-refractivity contribution in [3.05, 3.63) is 46.9 Å². The van der Waals surface area contributed by atoms with Crippen LogP contribution in [-0.2, 0) is 12.0 Å². The number of rotatable bonds is 6. The van der Waals surface area contributed by atoms with Crippen LogP contribution in [0.4, 0.5) is 0 Å². The average molecular weight is 386 g/mol. The molecule has 144 valence electrons. The summed E-state index contributed by atoms with van der Waals surface area (Å²) in [5.74, 6) is 1.05. The Morgan fingerprint density at radius 1 is 1.19 bits per heavy atom. The topological polar surface area (TPSA) is 50.9 Å². The van der Waals surface area contributed by atoms with Crippen LogP contribution >= 0.6 is 11.6 Å². The number of pyridine rings is 1. The van der Waals surface area contributed by atoms with Crippen LogP contribution in [0.3, 0.4) is 0 Å². The third-order valence-corrected chi connectivity index (χ3v) is 5.39. The first kappa shape index (κ1) is 19.8. The number of aliphatic hydroxyl groups is 1. The molecule has 0 fully saturated rings. The van der Waals surface area contributed by atoms with Crippen molar-refractivity contribution >= 4 is 22.8 Å². The van der Waals surface area contributed by atoms with Gasteiger partial charge in [0.15, 0.2) is 5.65 Å². The Morgan fingerprint density at radius 3 is 2.52 bits per heavy atom. The van der Waals surface area contributed by atoms with Crippen LogP contribution < -0.4 is 0 Å². The van der Waals surface area contributed by atoms with Crippen molar-refractivity contribution in [3.8, 4) is 11.1 Å². The summed E-state index contributed by atoms with van der Waals surface area (Å²) < 4.78 is 2.27. The molecule has 2 aromatic heterocycles. The van der Waals surface area contributed by atoms with Crippen LogP contribution in [0, 0.1) is 0 Å². The largest absolute Gasteiger partial charge is 0.386 e. The van der Waals surface area contributed by atoms with Gasteiger partial charge in [0.05, 0.1) is 5.60 Å². The fraction of sp³-hybridized carbons (Fsp3) is 0.455. The monoisotopic (exact) mass is 385 g/mol. The molecule has 0 aliphatic carbocycles. The van der Waals surface area contributed by atoms with E-state index in [4.69, 9.17) is 16.6 Å².